The molecule has 0 aliphatic rings. The Morgan fingerprint density at radius 1 is 1.30 bits per heavy atom. The quantitative estimate of drug-likeness (QED) is 0.751. The lowest BCUT2D eigenvalue weighted by atomic mass is 10.2. The molecule has 3 aromatic rings. The van der Waals surface area contributed by atoms with Gasteiger partial charge in [0.15, 0.2) is 0 Å². The van der Waals surface area contributed by atoms with Gasteiger partial charge in [-0.3, -0.25) is 4.79 Å². The minimum Gasteiger partial charge on any atom is -0.351 e. The molecule has 0 aliphatic heterocycles. The number of hydrogen-bond acceptors (Lipinski definition) is 2. The molecule has 3 nitrogen and oxygen atoms in total. The van der Waals surface area contributed by atoms with Crippen LogP contribution < -0.4 is 5.32 Å². The molecule has 0 atom stereocenters. The summed E-state index contributed by atoms with van der Waals surface area (Å²) in [6.45, 7) is 2.53. The van der Waals surface area contributed by atoms with Crippen molar-refractivity contribution in [1.82, 2.24) is 10.3 Å². The van der Waals surface area contributed by atoms with Crippen LogP contribution in [0, 0.1) is 6.92 Å². The molecule has 1 amide bonds. The van der Waals surface area contributed by atoms with Crippen molar-refractivity contribution in [3.8, 4) is 0 Å². The molecular formula is C15H13ClN2OS. The Morgan fingerprint density at radius 2 is 2.15 bits per heavy atom. The molecule has 0 spiro atoms. The van der Waals surface area contributed by atoms with Crippen LogP contribution in [-0.4, -0.2) is 10.9 Å². The Bertz CT molecular complexity index is 775. The van der Waals surface area contributed by atoms with Gasteiger partial charge in [0, 0.05) is 15.8 Å². The monoisotopic (exact) mass is 304 g/mol. The summed E-state index contributed by atoms with van der Waals surface area (Å²) in [5, 5.41) is 3.94. The summed E-state index contributed by atoms with van der Waals surface area (Å²) >= 11 is 7.33. The number of thiophene rings is 1. The van der Waals surface area contributed by atoms with Crippen molar-refractivity contribution in [2.75, 3.05) is 0 Å². The summed E-state index contributed by atoms with van der Waals surface area (Å²) in [4.78, 5) is 16.3. The van der Waals surface area contributed by atoms with E-state index in [9.17, 15) is 4.79 Å². The molecule has 0 fully saturated rings. The number of aryl methyl sites for hydroxylation is 1. The SMILES string of the molecule is Cc1ccc2[nH]c(C(=O)NCc3ccc(Cl)s3)cc2c1. The maximum absolute atomic E-state index is 12.1. The van der Waals surface area contributed by atoms with Crippen molar-refractivity contribution in [3.63, 3.8) is 0 Å². The van der Waals surface area contributed by atoms with Crippen molar-refractivity contribution < 1.29 is 4.79 Å². The summed E-state index contributed by atoms with van der Waals surface area (Å²) in [6, 6.07) is 11.7. The van der Waals surface area contributed by atoms with E-state index in [0.29, 0.717) is 12.2 Å². The third-order valence-electron chi connectivity index (χ3n) is 3.07. The lowest BCUT2D eigenvalue weighted by Crippen LogP contribution is -2.22. The zero-order valence-electron chi connectivity index (χ0n) is 10.9. The summed E-state index contributed by atoms with van der Waals surface area (Å²) < 4.78 is 0.732. The van der Waals surface area contributed by atoms with Gasteiger partial charge in [-0.15, -0.1) is 11.3 Å². The van der Waals surface area contributed by atoms with E-state index < -0.39 is 0 Å². The van der Waals surface area contributed by atoms with Crippen LogP contribution in [0.4, 0.5) is 0 Å². The highest BCUT2D eigenvalue weighted by molar-refractivity contribution is 7.16. The predicted octanol–water partition coefficient (Wildman–Crippen LogP) is 4.12. The topological polar surface area (TPSA) is 44.9 Å². The van der Waals surface area contributed by atoms with Crippen molar-refractivity contribution >= 4 is 39.7 Å². The molecule has 0 bridgehead atoms. The van der Waals surface area contributed by atoms with E-state index in [0.717, 1.165) is 20.1 Å². The average Bonchev–Trinajstić information content (AvgIpc) is 3.01. The molecule has 0 unspecified atom stereocenters. The normalized spacial score (nSPS) is 10.9. The van der Waals surface area contributed by atoms with E-state index in [1.54, 1.807) is 0 Å². The second-order valence-corrected chi connectivity index (χ2v) is 6.46. The van der Waals surface area contributed by atoms with Crippen LogP contribution in [0.25, 0.3) is 10.9 Å². The Balaban J connectivity index is 1.75. The summed E-state index contributed by atoms with van der Waals surface area (Å²) in [5.74, 6) is -0.108. The Kier molecular flexibility index (Phi) is 3.51. The summed E-state index contributed by atoms with van der Waals surface area (Å²) in [5.41, 5.74) is 2.73. The van der Waals surface area contributed by atoms with Crippen LogP contribution in [0.15, 0.2) is 36.4 Å². The first-order chi connectivity index (χ1) is 9.61. The average molecular weight is 305 g/mol. The van der Waals surface area contributed by atoms with Crippen LogP contribution in [0.5, 0.6) is 0 Å². The molecule has 0 radical (unpaired) electrons. The lowest BCUT2D eigenvalue weighted by molar-refractivity contribution is 0.0947. The fourth-order valence-corrected chi connectivity index (χ4v) is 3.11. The van der Waals surface area contributed by atoms with Gasteiger partial charge in [-0.25, -0.2) is 0 Å². The van der Waals surface area contributed by atoms with E-state index in [4.69, 9.17) is 11.6 Å². The molecule has 2 aromatic heterocycles. The minimum absolute atomic E-state index is 0.108. The Morgan fingerprint density at radius 3 is 2.90 bits per heavy atom. The van der Waals surface area contributed by atoms with Gasteiger partial charge in [0.1, 0.15) is 5.69 Å². The van der Waals surface area contributed by atoms with Gasteiger partial charge in [0.2, 0.25) is 0 Å². The van der Waals surface area contributed by atoms with Crippen molar-refractivity contribution in [3.05, 3.63) is 56.9 Å². The van der Waals surface area contributed by atoms with Gasteiger partial charge in [-0.2, -0.15) is 0 Å². The van der Waals surface area contributed by atoms with Gasteiger partial charge in [-0.05, 0) is 37.3 Å². The molecule has 5 heteroatoms. The number of rotatable bonds is 3. The third kappa shape index (κ3) is 2.71. The first-order valence-electron chi connectivity index (χ1n) is 6.23. The summed E-state index contributed by atoms with van der Waals surface area (Å²) in [7, 11) is 0. The molecule has 102 valence electrons. The second-order valence-electron chi connectivity index (χ2n) is 4.66. The highest BCUT2D eigenvalue weighted by Crippen LogP contribution is 2.21. The number of amides is 1. The van der Waals surface area contributed by atoms with Gasteiger partial charge in [0.25, 0.3) is 5.91 Å². The number of aromatic amines is 1. The van der Waals surface area contributed by atoms with E-state index >= 15 is 0 Å². The first-order valence-corrected chi connectivity index (χ1v) is 7.43. The van der Waals surface area contributed by atoms with Crippen LogP contribution in [0.3, 0.4) is 0 Å². The van der Waals surface area contributed by atoms with Gasteiger partial charge >= 0.3 is 0 Å². The lowest BCUT2D eigenvalue weighted by Gasteiger charge is -2.00. The molecule has 1 aromatic carbocycles. The Hall–Kier alpha value is -1.78. The molecule has 3 rings (SSSR count). The predicted molar refractivity (Wildman–Crippen MR) is 83.5 cm³/mol. The number of H-pyrrole nitrogens is 1. The van der Waals surface area contributed by atoms with E-state index in [-0.39, 0.29) is 5.91 Å². The molecule has 2 heterocycles. The van der Waals surface area contributed by atoms with Crippen molar-refractivity contribution in [2.24, 2.45) is 0 Å². The number of nitrogens with one attached hydrogen (secondary N) is 2. The highest BCUT2D eigenvalue weighted by atomic mass is 35.5. The standard InChI is InChI=1S/C15H13ClN2OS/c1-9-2-4-12-10(6-9)7-13(18-12)15(19)17-8-11-3-5-14(16)20-11/h2-7,18H,8H2,1H3,(H,17,19). The number of benzene rings is 1. The number of carbonyl (C=O) groups is 1. The zero-order chi connectivity index (χ0) is 14.1. The summed E-state index contributed by atoms with van der Waals surface area (Å²) in [6.07, 6.45) is 0. The molecule has 20 heavy (non-hydrogen) atoms. The second kappa shape index (κ2) is 5.31. The van der Waals surface area contributed by atoms with Gasteiger partial charge in [-0.1, -0.05) is 23.2 Å². The number of carbonyl (C=O) groups excluding carboxylic acids is 1. The maximum atomic E-state index is 12.1. The molecule has 2 N–H and O–H groups in total. The fourth-order valence-electron chi connectivity index (χ4n) is 2.08. The first kappa shape index (κ1) is 13.2. The maximum Gasteiger partial charge on any atom is 0.268 e. The van der Waals surface area contributed by atoms with Crippen LogP contribution in [0.1, 0.15) is 20.9 Å². The number of hydrogen-bond donors (Lipinski definition) is 2. The molecular weight excluding hydrogens is 292 g/mol. The van der Waals surface area contributed by atoms with E-state index in [2.05, 4.69) is 16.4 Å². The molecule has 0 aliphatic carbocycles. The van der Waals surface area contributed by atoms with E-state index in [1.165, 1.54) is 16.9 Å². The number of halogens is 1. The highest BCUT2D eigenvalue weighted by Gasteiger charge is 2.09. The molecule has 0 saturated carbocycles. The third-order valence-corrected chi connectivity index (χ3v) is 4.30. The van der Waals surface area contributed by atoms with Crippen LogP contribution >= 0.6 is 22.9 Å². The van der Waals surface area contributed by atoms with Crippen LogP contribution in [0.2, 0.25) is 4.34 Å². The zero-order valence-corrected chi connectivity index (χ0v) is 12.4. The van der Waals surface area contributed by atoms with Crippen molar-refractivity contribution in [1.29, 1.82) is 0 Å². The van der Waals surface area contributed by atoms with Gasteiger partial charge < -0.3 is 10.3 Å². The van der Waals surface area contributed by atoms with Crippen molar-refractivity contribution in [2.45, 2.75) is 13.5 Å². The molecule has 0 saturated heterocycles. The van der Waals surface area contributed by atoms with Crippen LogP contribution in [-0.2, 0) is 6.54 Å². The minimum atomic E-state index is -0.108. The van der Waals surface area contributed by atoms with Gasteiger partial charge in [0.05, 0.1) is 10.9 Å². The smallest absolute Gasteiger partial charge is 0.268 e. The largest absolute Gasteiger partial charge is 0.351 e. The Labute approximate surface area is 125 Å². The number of aromatic nitrogens is 1. The number of fused-ring (bicyclic) bond motifs is 1. The van der Waals surface area contributed by atoms with E-state index in [1.807, 2.05) is 37.3 Å². The fraction of sp³-hybridized carbons (Fsp3) is 0.133.